The second-order valence-electron chi connectivity index (χ2n) is 6.00. The fourth-order valence-corrected chi connectivity index (χ4v) is 13.1. The third-order valence-electron chi connectivity index (χ3n) is 4.54. The average Bonchev–Trinajstić information content (AvgIpc) is 2.86. The first-order chi connectivity index (χ1) is 9.81. The molecule has 0 aliphatic heterocycles. The van der Waals surface area contributed by atoms with Crippen molar-refractivity contribution in [3.05, 3.63) is 41.0 Å². The number of hydrogen-bond donors (Lipinski definition) is 0. The molecule has 1 aromatic carbocycles. The molecule has 0 saturated carbocycles. The van der Waals surface area contributed by atoms with Crippen molar-refractivity contribution < 1.29 is 21.8 Å². The minimum absolute atomic E-state index is 0.900. The van der Waals surface area contributed by atoms with Gasteiger partial charge >= 0.3 is 134 Å². The second-order valence-corrected chi connectivity index (χ2v) is 13.1. The molecule has 0 radical (unpaired) electrons. The van der Waals surface area contributed by atoms with Crippen molar-refractivity contribution in [1.29, 1.82) is 0 Å². The van der Waals surface area contributed by atoms with Gasteiger partial charge in [-0.25, -0.2) is 0 Å². The molecule has 0 heterocycles. The molecule has 1 atom stereocenters. The molecule has 0 fully saturated rings. The molecule has 2 rings (SSSR count). The van der Waals surface area contributed by atoms with Crippen LogP contribution in [-0.4, -0.2) is 0 Å². The quantitative estimate of drug-likeness (QED) is 0.497. The van der Waals surface area contributed by atoms with Gasteiger partial charge in [0.05, 0.1) is 0 Å². The molecule has 1 heteroatoms. The summed E-state index contributed by atoms with van der Waals surface area (Å²) in [5.74, 6) is 0. The van der Waals surface area contributed by atoms with Gasteiger partial charge in [0.1, 0.15) is 0 Å². The van der Waals surface area contributed by atoms with Gasteiger partial charge in [0.25, 0.3) is 0 Å². The number of unbranched alkanes of at least 4 members (excludes halogenated alkanes) is 2. The van der Waals surface area contributed by atoms with Crippen molar-refractivity contribution in [3.63, 3.8) is 0 Å². The first-order valence-electron chi connectivity index (χ1n) is 8.45. The molecule has 0 saturated heterocycles. The molecule has 1 aliphatic rings. The van der Waals surface area contributed by atoms with Crippen molar-refractivity contribution in [2.75, 3.05) is 0 Å². The molecule has 1 unspecified atom stereocenters. The molecule has 0 aromatic heterocycles. The van der Waals surface area contributed by atoms with Crippen molar-refractivity contribution in [1.82, 2.24) is 0 Å². The second kappa shape index (κ2) is 8.33. The zero-order valence-corrected chi connectivity index (χ0v) is 15.9. The van der Waals surface area contributed by atoms with Crippen LogP contribution in [0.5, 0.6) is 0 Å². The van der Waals surface area contributed by atoms with Crippen LogP contribution in [0.2, 0.25) is 8.26 Å². The van der Waals surface area contributed by atoms with Gasteiger partial charge in [-0.15, -0.1) is 0 Å². The fourth-order valence-electron chi connectivity index (χ4n) is 3.40. The fraction of sp³-hybridized carbons (Fsp3) is 0.579. The summed E-state index contributed by atoms with van der Waals surface area (Å²) in [5, 5.41) is 0. The molecule has 0 nitrogen and oxygen atoms in total. The molecular formula is C19H29Zr. The summed E-state index contributed by atoms with van der Waals surface area (Å²) in [7, 11) is 0. The summed E-state index contributed by atoms with van der Waals surface area (Å²) >= 11 is -1.35. The van der Waals surface area contributed by atoms with E-state index in [0.717, 1.165) is 3.63 Å². The van der Waals surface area contributed by atoms with E-state index in [0.29, 0.717) is 0 Å². The molecule has 0 amide bonds. The van der Waals surface area contributed by atoms with Crippen LogP contribution in [0, 0.1) is 0 Å². The zero-order valence-electron chi connectivity index (χ0n) is 13.4. The topological polar surface area (TPSA) is 0 Å². The monoisotopic (exact) mass is 347 g/mol. The Morgan fingerprint density at radius 2 is 1.60 bits per heavy atom. The summed E-state index contributed by atoms with van der Waals surface area (Å²) in [5.41, 5.74) is 4.97. The Kier molecular flexibility index (Phi) is 6.75. The van der Waals surface area contributed by atoms with Gasteiger partial charge in [-0.2, -0.15) is 0 Å². The standard InChI is InChI=1S/C11H11.2C4H9.Zr/c1-2-9-7-10-5-3-4-6-11(10)8-9;2*1-3-4-2;/h3-8H,2H2,1H3;2*1,3-4H2,2H3;. The Morgan fingerprint density at radius 3 is 2.20 bits per heavy atom. The van der Waals surface area contributed by atoms with Crippen molar-refractivity contribution in [2.45, 2.75) is 64.8 Å². The number of rotatable bonds is 8. The van der Waals surface area contributed by atoms with E-state index >= 15 is 0 Å². The van der Waals surface area contributed by atoms with Crippen LogP contribution in [0.3, 0.4) is 0 Å². The SMILES string of the molecule is CCC[CH2][Zr]([CH2]CCC)[CH]1C(CC)=Cc2ccccc21. The molecule has 0 bridgehead atoms. The van der Waals surface area contributed by atoms with Crippen molar-refractivity contribution >= 4 is 6.08 Å². The van der Waals surface area contributed by atoms with E-state index in [-0.39, 0.29) is 0 Å². The van der Waals surface area contributed by atoms with Crippen molar-refractivity contribution in [2.24, 2.45) is 0 Å². The number of hydrogen-bond acceptors (Lipinski definition) is 0. The van der Waals surface area contributed by atoms with Gasteiger partial charge in [-0.1, -0.05) is 0 Å². The molecule has 1 aliphatic carbocycles. The third kappa shape index (κ3) is 3.73. The number of fused-ring (bicyclic) bond motifs is 1. The Labute approximate surface area is 133 Å². The molecule has 109 valence electrons. The van der Waals surface area contributed by atoms with Crippen LogP contribution in [-0.2, 0) is 21.8 Å². The van der Waals surface area contributed by atoms with Crippen LogP contribution in [0.4, 0.5) is 0 Å². The molecule has 20 heavy (non-hydrogen) atoms. The van der Waals surface area contributed by atoms with Gasteiger partial charge in [-0.05, 0) is 0 Å². The molecular weight excluding hydrogens is 319 g/mol. The van der Waals surface area contributed by atoms with Gasteiger partial charge < -0.3 is 0 Å². The Morgan fingerprint density at radius 1 is 0.950 bits per heavy atom. The van der Waals surface area contributed by atoms with Gasteiger partial charge in [0, 0.05) is 0 Å². The van der Waals surface area contributed by atoms with Gasteiger partial charge in [0.2, 0.25) is 0 Å². The Bertz CT molecular complexity index is 439. The van der Waals surface area contributed by atoms with E-state index in [2.05, 4.69) is 51.1 Å². The summed E-state index contributed by atoms with van der Waals surface area (Å²) in [4.78, 5) is 0. The van der Waals surface area contributed by atoms with E-state index < -0.39 is 21.8 Å². The third-order valence-corrected chi connectivity index (χ3v) is 13.1. The van der Waals surface area contributed by atoms with Crippen molar-refractivity contribution in [3.8, 4) is 0 Å². The van der Waals surface area contributed by atoms with Crippen LogP contribution < -0.4 is 0 Å². The average molecular weight is 349 g/mol. The van der Waals surface area contributed by atoms with Crippen LogP contribution in [0.1, 0.15) is 67.6 Å². The summed E-state index contributed by atoms with van der Waals surface area (Å²) in [6, 6.07) is 9.19. The number of benzene rings is 1. The van der Waals surface area contributed by atoms with E-state index in [1.165, 1.54) is 37.7 Å². The van der Waals surface area contributed by atoms with E-state index in [1.807, 2.05) is 0 Å². The molecule has 0 spiro atoms. The molecule has 1 aromatic rings. The normalized spacial score (nSPS) is 16.9. The Hall–Kier alpha value is -0.157. The minimum atomic E-state index is -1.35. The van der Waals surface area contributed by atoms with E-state index in [4.69, 9.17) is 0 Å². The Balaban J connectivity index is 2.23. The predicted molar refractivity (Wildman–Crippen MR) is 86.9 cm³/mol. The van der Waals surface area contributed by atoms with E-state index in [9.17, 15) is 0 Å². The van der Waals surface area contributed by atoms with Gasteiger partial charge in [-0.3, -0.25) is 0 Å². The first-order valence-corrected chi connectivity index (χ1v) is 13.3. The summed E-state index contributed by atoms with van der Waals surface area (Å²) in [6.45, 7) is 7.05. The van der Waals surface area contributed by atoms with Crippen LogP contribution >= 0.6 is 0 Å². The first kappa shape index (κ1) is 16.2. The van der Waals surface area contributed by atoms with E-state index in [1.54, 1.807) is 19.4 Å². The van der Waals surface area contributed by atoms with Gasteiger partial charge in [0.15, 0.2) is 0 Å². The zero-order chi connectivity index (χ0) is 14.4. The predicted octanol–water partition coefficient (Wildman–Crippen LogP) is 6.59. The van der Waals surface area contributed by atoms with Crippen LogP contribution in [0.25, 0.3) is 6.08 Å². The number of allylic oxidation sites excluding steroid dienone is 1. The van der Waals surface area contributed by atoms with Crippen LogP contribution in [0.15, 0.2) is 29.8 Å². The summed E-state index contributed by atoms with van der Waals surface area (Å²) < 4.78 is 4.08. The maximum atomic E-state index is 2.51. The maximum absolute atomic E-state index is 2.51. The molecule has 0 N–H and O–H groups in total. The summed E-state index contributed by atoms with van der Waals surface area (Å²) in [6.07, 6.45) is 9.44.